The molecule has 0 bridgehead atoms. The second-order valence-electron chi connectivity index (χ2n) is 6.36. The third-order valence-electron chi connectivity index (χ3n) is 3.92. The van der Waals surface area contributed by atoms with Gasteiger partial charge in [-0.05, 0) is 56.2 Å². The van der Waals surface area contributed by atoms with E-state index in [-0.39, 0.29) is 30.7 Å². The van der Waals surface area contributed by atoms with Gasteiger partial charge in [-0.15, -0.1) is 0 Å². The summed E-state index contributed by atoms with van der Waals surface area (Å²) >= 11 is 0. The molecular weight excluding hydrogens is 368 g/mol. The smallest absolute Gasteiger partial charge is 0.387 e. The van der Waals surface area contributed by atoms with Crippen LogP contribution in [-0.2, 0) is 9.59 Å². The van der Waals surface area contributed by atoms with Gasteiger partial charge in [0.05, 0.1) is 13.1 Å². The summed E-state index contributed by atoms with van der Waals surface area (Å²) in [7, 11) is 0. The summed E-state index contributed by atoms with van der Waals surface area (Å²) in [5.41, 5.74) is 4.33. The van der Waals surface area contributed by atoms with Crippen LogP contribution in [0.25, 0.3) is 0 Å². The van der Waals surface area contributed by atoms with Gasteiger partial charge in [0.25, 0.3) is 0 Å². The first kappa shape index (κ1) is 21.1. The monoisotopic (exact) mass is 391 g/mol. The number of carbonyl (C=O) groups is 2. The van der Waals surface area contributed by atoms with Gasteiger partial charge in [0.15, 0.2) is 0 Å². The molecule has 0 heterocycles. The molecule has 2 amide bonds. The van der Waals surface area contributed by atoms with Gasteiger partial charge in [-0.1, -0.05) is 17.7 Å². The van der Waals surface area contributed by atoms with Crippen LogP contribution < -0.4 is 20.7 Å². The molecule has 28 heavy (non-hydrogen) atoms. The average Bonchev–Trinajstić information content (AvgIpc) is 2.62. The molecule has 0 aliphatic carbocycles. The molecule has 0 spiro atoms. The van der Waals surface area contributed by atoms with Crippen molar-refractivity contribution in [3.63, 3.8) is 0 Å². The van der Waals surface area contributed by atoms with Crippen LogP contribution in [0.2, 0.25) is 0 Å². The molecule has 0 radical (unpaired) electrons. The quantitative estimate of drug-likeness (QED) is 0.645. The zero-order valence-corrected chi connectivity index (χ0v) is 15.9. The van der Waals surface area contributed by atoms with Crippen molar-refractivity contribution in [2.24, 2.45) is 0 Å². The van der Waals surface area contributed by atoms with E-state index in [9.17, 15) is 18.4 Å². The van der Waals surface area contributed by atoms with Gasteiger partial charge in [0.2, 0.25) is 11.8 Å². The number of nitrogens with one attached hydrogen (secondary N) is 3. The van der Waals surface area contributed by atoms with Gasteiger partial charge in [0.1, 0.15) is 5.75 Å². The van der Waals surface area contributed by atoms with Crippen LogP contribution in [0.3, 0.4) is 0 Å². The lowest BCUT2D eigenvalue weighted by Crippen LogP contribution is -2.36. The maximum absolute atomic E-state index is 12.1. The van der Waals surface area contributed by atoms with Crippen molar-refractivity contribution in [2.45, 2.75) is 27.4 Å². The molecule has 0 unspecified atom stereocenters. The van der Waals surface area contributed by atoms with Crippen molar-refractivity contribution in [1.29, 1.82) is 0 Å². The molecule has 3 N–H and O–H groups in total. The Morgan fingerprint density at radius 2 is 1.57 bits per heavy atom. The Morgan fingerprint density at radius 1 is 0.964 bits per heavy atom. The molecule has 150 valence electrons. The highest BCUT2D eigenvalue weighted by molar-refractivity contribution is 5.96. The van der Waals surface area contributed by atoms with E-state index in [1.54, 1.807) is 0 Å². The van der Waals surface area contributed by atoms with Crippen molar-refractivity contribution in [1.82, 2.24) is 5.32 Å². The summed E-state index contributed by atoms with van der Waals surface area (Å²) in [4.78, 5) is 24.0. The fraction of sp³-hybridized carbons (Fsp3) is 0.300. The van der Waals surface area contributed by atoms with E-state index in [1.165, 1.54) is 24.3 Å². The fourth-order valence-electron chi connectivity index (χ4n) is 2.74. The van der Waals surface area contributed by atoms with E-state index in [0.29, 0.717) is 5.69 Å². The van der Waals surface area contributed by atoms with Crippen molar-refractivity contribution in [2.75, 3.05) is 23.7 Å². The summed E-state index contributed by atoms with van der Waals surface area (Å²) < 4.78 is 28.4. The summed E-state index contributed by atoms with van der Waals surface area (Å²) in [6.07, 6.45) is 0. The molecule has 0 atom stereocenters. The summed E-state index contributed by atoms with van der Waals surface area (Å²) in [6.45, 7) is 2.70. The number of benzene rings is 2. The number of anilines is 2. The Balaban J connectivity index is 1.77. The number of hydrogen-bond acceptors (Lipinski definition) is 4. The molecule has 6 nitrogen and oxygen atoms in total. The minimum Gasteiger partial charge on any atom is -0.435 e. The number of halogens is 2. The third-order valence-corrected chi connectivity index (χ3v) is 3.92. The van der Waals surface area contributed by atoms with Crippen molar-refractivity contribution >= 4 is 23.2 Å². The maximum Gasteiger partial charge on any atom is 0.387 e. The van der Waals surface area contributed by atoms with Gasteiger partial charge in [-0.2, -0.15) is 8.78 Å². The van der Waals surface area contributed by atoms with Gasteiger partial charge >= 0.3 is 6.61 Å². The third kappa shape index (κ3) is 6.53. The van der Waals surface area contributed by atoms with E-state index < -0.39 is 6.61 Å². The van der Waals surface area contributed by atoms with Gasteiger partial charge in [-0.3, -0.25) is 9.59 Å². The first-order valence-electron chi connectivity index (χ1n) is 8.67. The average molecular weight is 391 g/mol. The van der Waals surface area contributed by atoms with Gasteiger partial charge < -0.3 is 20.7 Å². The Morgan fingerprint density at radius 3 is 2.14 bits per heavy atom. The number of carbonyl (C=O) groups excluding carboxylic acids is 2. The minimum atomic E-state index is -2.89. The molecule has 8 heteroatoms. The lowest BCUT2D eigenvalue weighted by Gasteiger charge is -2.13. The van der Waals surface area contributed by atoms with E-state index in [4.69, 9.17) is 0 Å². The highest BCUT2D eigenvalue weighted by atomic mass is 19.3. The van der Waals surface area contributed by atoms with E-state index in [2.05, 4.69) is 20.7 Å². The standard InChI is InChI=1S/C20H23F2N3O3/c1-12-8-13(2)19(14(3)9-12)25-18(27)11-24-17(26)10-23-15-4-6-16(7-5-15)28-20(21)22/h4-9,20,23H,10-11H2,1-3H3,(H,24,26)(H,25,27). The molecule has 0 saturated heterocycles. The summed E-state index contributed by atoms with van der Waals surface area (Å²) in [5.74, 6) is -0.666. The molecule has 0 aromatic heterocycles. The predicted molar refractivity (Wildman–Crippen MR) is 104 cm³/mol. The topological polar surface area (TPSA) is 79.5 Å². The van der Waals surface area contributed by atoms with Crippen molar-refractivity contribution in [3.8, 4) is 5.75 Å². The highest BCUT2D eigenvalue weighted by Crippen LogP contribution is 2.21. The molecule has 2 rings (SSSR count). The predicted octanol–water partition coefficient (Wildman–Crippen LogP) is 3.38. The number of amides is 2. The van der Waals surface area contributed by atoms with Crippen LogP contribution >= 0.6 is 0 Å². The first-order chi connectivity index (χ1) is 13.2. The largest absolute Gasteiger partial charge is 0.435 e. The van der Waals surface area contributed by atoms with Crippen LogP contribution in [0.15, 0.2) is 36.4 Å². The van der Waals surface area contributed by atoms with Crippen LogP contribution in [0.1, 0.15) is 16.7 Å². The van der Waals surface area contributed by atoms with Crippen LogP contribution in [-0.4, -0.2) is 31.5 Å². The molecule has 2 aromatic rings. The van der Waals surface area contributed by atoms with Gasteiger partial charge in [-0.25, -0.2) is 0 Å². The Hall–Kier alpha value is -3.16. The summed E-state index contributed by atoms with van der Waals surface area (Å²) in [6, 6.07) is 9.71. The second kappa shape index (κ2) is 9.68. The van der Waals surface area contributed by atoms with Crippen LogP contribution in [0.5, 0.6) is 5.75 Å². The molecule has 0 fully saturated rings. The number of alkyl halides is 2. The maximum atomic E-state index is 12.1. The van der Waals surface area contributed by atoms with Crippen LogP contribution in [0.4, 0.5) is 20.2 Å². The van der Waals surface area contributed by atoms with E-state index in [1.807, 2.05) is 32.9 Å². The van der Waals surface area contributed by atoms with Crippen molar-refractivity contribution in [3.05, 3.63) is 53.1 Å². The lowest BCUT2D eigenvalue weighted by atomic mass is 10.1. The van der Waals surface area contributed by atoms with Crippen molar-refractivity contribution < 1.29 is 23.1 Å². The highest BCUT2D eigenvalue weighted by Gasteiger charge is 2.10. The Labute approximate surface area is 162 Å². The Bertz CT molecular complexity index is 816. The second-order valence-corrected chi connectivity index (χ2v) is 6.36. The molecule has 0 saturated carbocycles. The SMILES string of the molecule is Cc1cc(C)c(NC(=O)CNC(=O)CNc2ccc(OC(F)F)cc2)c(C)c1. The lowest BCUT2D eigenvalue weighted by molar-refractivity contribution is -0.122. The number of ether oxygens (including phenoxy) is 1. The summed E-state index contributed by atoms with van der Waals surface area (Å²) in [5, 5.41) is 8.17. The van der Waals surface area contributed by atoms with Crippen LogP contribution in [0, 0.1) is 20.8 Å². The molecule has 2 aromatic carbocycles. The molecule has 0 aliphatic rings. The minimum absolute atomic E-state index is 0.0309. The van der Waals surface area contributed by atoms with Gasteiger partial charge in [0, 0.05) is 11.4 Å². The molecular formula is C20H23F2N3O3. The number of rotatable bonds is 8. The zero-order valence-electron chi connectivity index (χ0n) is 15.9. The van der Waals surface area contributed by atoms with E-state index in [0.717, 1.165) is 22.4 Å². The fourth-order valence-corrected chi connectivity index (χ4v) is 2.74. The van der Waals surface area contributed by atoms with E-state index >= 15 is 0 Å². The number of aryl methyl sites for hydroxylation is 3. The normalized spacial score (nSPS) is 10.5. The first-order valence-corrected chi connectivity index (χ1v) is 8.67. The number of hydrogen-bond donors (Lipinski definition) is 3. The molecule has 0 aliphatic heterocycles. The Kier molecular flexibility index (Phi) is 7.31. The zero-order chi connectivity index (χ0) is 20.7.